The fourth-order valence-corrected chi connectivity index (χ4v) is 3.22. The highest BCUT2D eigenvalue weighted by atomic mass is 32.2. The minimum Gasteiger partial charge on any atom is -0.383 e. The van der Waals surface area contributed by atoms with E-state index in [1.807, 2.05) is 11.8 Å². The molecule has 1 aromatic rings. The molecule has 0 aliphatic carbocycles. The van der Waals surface area contributed by atoms with Gasteiger partial charge in [-0.3, -0.25) is 0 Å². The first-order valence-corrected chi connectivity index (χ1v) is 8.02. The van der Waals surface area contributed by atoms with Gasteiger partial charge in [0.1, 0.15) is 5.01 Å². The van der Waals surface area contributed by atoms with Gasteiger partial charge in [-0.1, -0.05) is 6.92 Å². The van der Waals surface area contributed by atoms with Gasteiger partial charge in [-0.05, 0) is 5.75 Å². The Morgan fingerprint density at radius 2 is 2.17 bits per heavy atom. The molecule has 1 heterocycles. The van der Waals surface area contributed by atoms with Crippen molar-refractivity contribution in [3.8, 4) is 0 Å². The van der Waals surface area contributed by atoms with Crippen molar-refractivity contribution in [2.45, 2.75) is 25.8 Å². The quantitative estimate of drug-likeness (QED) is 0.670. The maximum absolute atomic E-state index is 5.20. The van der Waals surface area contributed by atoms with E-state index in [0.29, 0.717) is 6.61 Å². The molecule has 0 unspecified atom stereocenters. The lowest BCUT2D eigenvalue weighted by Crippen LogP contribution is -2.18. The van der Waals surface area contributed by atoms with Crippen molar-refractivity contribution in [2.24, 2.45) is 0 Å². The van der Waals surface area contributed by atoms with Gasteiger partial charge < -0.3 is 14.8 Å². The van der Waals surface area contributed by atoms with E-state index < -0.39 is 0 Å². The molecular weight excluding hydrogens is 268 g/mol. The lowest BCUT2D eigenvalue weighted by molar-refractivity contribution is 0.180. The van der Waals surface area contributed by atoms with Crippen LogP contribution in [0, 0.1) is 0 Å². The summed E-state index contributed by atoms with van der Waals surface area (Å²) in [6.07, 6.45) is 0. The predicted octanol–water partition coefficient (Wildman–Crippen LogP) is 2.28. The molecule has 1 aromatic heterocycles. The molecule has 0 aliphatic rings. The zero-order chi connectivity index (χ0) is 13.2. The van der Waals surface area contributed by atoms with Crippen LogP contribution in [0.1, 0.15) is 22.5 Å². The summed E-state index contributed by atoms with van der Waals surface area (Å²) in [4.78, 5) is 5.92. The van der Waals surface area contributed by atoms with Crippen LogP contribution in [0.25, 0.3) is 0 Å². The molecule has 0 saturated carbocycles. The molecule has 0 fully saturated rings. The van der Waals surface area contributed by atoms with E-state index in [4.69, 9.17) is 9.47 Å². The van der Waals surface area contributed by atoms with E-state index in [9.17, 15) is 0 Å². The summed E-state index contributed by atoms with van der Waals surface area (Å²) in [5, 5.41) is 4.55. The van der Waals surface area contributed by atoms with Gasteiger partial charge in [-0.2, -0.15) is 11.8 Å². The molecule has 0 aliphatic heterocycles. The summed E-state index contributed by atoms with van der Waals surface area (Å²) in [7, 11) is 3.42. The Morgan fingerprint density at radius 3 is 2.83 bits per heavy atom. The SMILES string of the molecule is CCSCc1nc(COC)c(CNCCOC)s1. The highest BCUT2D eigenvalue weighted by Gasteiger charge is 2.10. The molecule has 1 rings (SSSR count). The summed E-state index contributed by atoms with van der Waals surface area (Å²) < 4.78 is 10.2. The average molecular weight is 290 g/mol. The minimum absolute atomic E-state index is 0.592. The van der Waals surface area contributed by atoms with Gasteiger partial charge in [0.25, 0.3) is 0 Å². The number of nitrogens with one attached hydrogen (secondary N) is 1. The maximum atomic E-state index is 5.20. The van der Waals surface area contributed by atoms with Crippen molar-refractivity contribution >= 4 is 23.1 Å². The summed E-state index contributed by atoms with van der Waals surface area (Å²) in [6.45, 7) is 5.20. The van der Waals surface area contributed by atoms with E-state index in [0.717, 1.165) is 36.9 Å². The highest BCUT2D eigenvalue weighted by Crippen LogP contribution is 2.23. The van der Waals surface area contributed by atoms with Crippen LogP contribution < -0.4 is 5.32 Å². The van der Waals surface area contributed by atoms with E-state index in [1.165, 1.54) is 9.88 Å². The Balaban J connectivity index is 2.53. The van der Waals surface area contributed by atoms with Crippen molar-refractivity contribution in [3.63, 3.8) is 0 Å². The van der Waals surface area contributed by atoms with E-state index >= 15 is 0 Å². The van der Waals surface area contributed by atoms with Crippen LogP contribution in [0.2, 0.25) is 0 Å². The monoisotopic (exact) mass is 290 g/mol. The fraction of sp³-hybridized carbons (Fsp3) is 0.750. The largest absolute Gasteiger partial charge is 0.383 e. The van der Waals surface area contributed by atoms with Crippen LogP contribution in [0.4, 0.5) is 0 Å². The topological polar surface area (TPSA) is 43.4 Å². The van der Waals surface area contributed by atoms with Gasteiger partial charge in [0.05, 0.1) is 18.9 Å². The lowest BCUT2D eigenvalue weighted by Gasteiger charge is -2.03. The predicted molar refractivity (Wildman–Crippen MR) is 78.2 cm³/mol. The molecule has 1 N–H and O–H groups in total. The number of thiazole rings is 1. The van der Waals surface area contributed by atoms with Crippen molar-refractivity contribution < 1.29 is 9.47 Å². The second-order valence-electron chi connectivity index (χ2n) is 3.72. The molecule has 0 saturated heterocycles. The molecule has 0 radical (unpaired) electrons. The molecule has 0 aromatic carbocycles. The molecule has 6 heteroatoms. The smallest absolute Gasteiger partial charge is 0.103 e. The number of rotatable bonds is 10. The molecule has 18 heavy (non-hydrogen) atoms. The van der Waals surface area contributed by atoms with Gasteiger partial charge >= 0.3 is 0 Å². The van der Waals surface area contributed by atoms with Crippen LogP contribution in [0.3, 0.4) is 0 Å². The van der Waals surface area contributed by atoms with Crippen LogP contribution >= 0.6 is 23.1 Å². The number of hydrogen-bond acceptors (Lipinski definition) is 6. The summed E-state index contributed by atoms with van der Waals surface area (Å²) >= 11 is 3.68. The number of nitrogens with zero attached hydrogens (tertiary/aromatic N) is 1. The van der Waals surface area contributed by atoms with Crippen LogP contribution in [0.5, 0.6) is 0 Å². The number of thioether (sulfide) groups is 1. The first kappa shape index (κ1) is 15.9. The third kappa shape index (κ3) is 5.67. The summed E-state index contributed by atoms with van der Waals surface area (Å²) in [5.74, 6) is 2.12. The molecule has 4 nitrogen and oxygen atoms in total. The third-order valence-corrected chi connectivity index (χ3v) is 4.47. The first-order chi connectivity index (χ1) is 8.81. The van der Waals surface area contributed by atoms with Crippen molar-refractivity contribution in [3.05, 3.63) is 15.6 Å². The standard InChI is InChI=1S/C12H22N2O2S2/c1-4-17-9-12-14-10(8-16-3)11(18-12)7-13-5-6-15-2/h13H,4-9H2,1-3H3. The Hall–Kier alpha value is -0.140. The van der Waals surface area contributed by atoms with Crippen molar-refractivity contribution in [2.75, 3.05) is 33.1 Å². The molecular formula is C12H22N2O2S2. The molecule has 0 amide bonds. The van der Waals surface area contributed by atoms with Crippen molar-refractivity contribution in [1.29, 1.82) is 0 Å². The minimum atomic E-state index is 0.592. The Kier molecular flexibility index (Phi) is 8.62. The van der Waals surface area contributed by atoms with Gasteiger partial charge in [-0.25, -0.2) is 4.98 Å². The fourth-order valence-electron chi connectivity index (χ4n) is 1.45. The number of methoxy groups -OCH3 is 2. The Bertz CT molecular complexity index is 332. The van der Waals surface area contributed by atoms with Crippen LogP contribution in [0.15, 0.2) is 0 Å². The van der Waals surface area contributed by atoms with Crippen molar-refractivity contribution in [1.82, 2.24) is 10.3 Å². The van der Waals surface area contributed by atoms with E-state index in [-0.39, 0.29) is 0 Å². The van der Waals surface area contributed by atoms with E-state index in [2.05, 4.69) is 17.2 Å². The van der Waals surface area contributed by atoms with Gasteiger partial charge in [-0.15, -0.1) is 11.3 Å². The Labute approximate surface area is 117 Å². The maximum Gasteiger partial charge on any atom is 0.103 e. The summed E-state index contributed by atoms with van der Waals surface area (Å²) in [5.41, 5.74) is 1.07. The van der Waals surface area contributed by atoms with Crippen LogP contribution in [-0.2, 0) is 28.4 Å². The zero-order valence-electron chi connectivity index (χ0n) is 11.3. The molecule has 104 valence electrons. The molecule has 0 atom stereocenters. The normalized spacial score (nSPS) is 11.1. The zero-order valence-corrected chi connectivity index (χ0v) is 13.0. The second kappa shape index (κ2) is 9.75. The number of aromatic nitrogens is 1. The molecule has 0 spiro atoms. The number of ether oxygens (including phenoxy) is 2. The Morgan fingerprint density at radius 1 is 1.33 bits per heavy atom. The lowest BCUT2D eigenvalue weighted by atomic mass is 10.3. The second-order valence-corrected chi connectivity index (χ2v) is 6.16. The van der Waals surface area contributed by atoms with E-state index in [1.54, 1.807) is 25.6 Å². The van der Waals surface area contributed by atoms with Gasteiger partial charge in [0, 0.05) is 37.9 Å². The molecule has 0 bridgehead atoms. The average Bonchev–Trinajstić information content (AvgIpc) is 2.75. The summed E-state index contributed by atoms with van der Waals surface area (Å²) in [6, 6.07) is 0. The van der Waals surface area contributed by atoms with Gasteiger partial charge in [0.15, 0.2) is 0 Å². The van der Waals surface area contributed by atoms with Crippen LogP contribution in [-0.4, -0.2) is 38.1 Å². The highest BCUT2D eigenvalue weighted by molar-refractivity contribution is 7.98. The third-order valence-electron chi connectivity index (χ3n) is 2.30. The number of hydrogen-bond donors (Lipinski definition) is 1. The van der Waals surface area contributed by atoms with Gasteiger partial charge in [0.2, 0.25) is 0 Å². The first-order valence-electron chi connectivity index (χ1n) is 6.05.